The van der Waals surface area contributed by atoms with Crippen molar-refractivity contribution in [1.29, 1.82) is 0 Å². The lowest BCUT2D eigenvalue weighted by Gasteiger charge is -2.47. The molecule has 4 rings (SSSR count). The molecule has 12 heteroatoms. The fraction of sp³-hybridized carbons (Fsp3) is 0.725. The van der Waals surface area contributed by atoms with Crippen LogP contribution in [0.1, 0.15) is 80.2 Å². The van der Waals surface area contributed by atoms with Crippen molar-refractivity contribution in [1.82, 2.24) is 9.80 Å². The first kappa shape index (κ1) is 41.7. The summed E-state index contributed by atoms with van der Waals surface area (Å²) in [7, 11) is 7.01. The predicted octanol–water partition coefficient (Wildman–Crippen LogP) is 5.18. The number of fused-ring (bicyclic) bond motifs is 1. The van der Waals surface area contributed by atoms with E-state index in [9.17, 15) is 19.5 Å². The van der Waals surface area contributed by atoms with Crippen molar-refractivity contribution < 1.29 is 47.9 Å². The monoisotopic (exact) mass is 730 g/mol. The van der Waals surface area contributed by atoms with Crippen LogP contribution in [0.25, 0.3) is 0 Å². The van der Waals surface area contributed by atoms with Crippen LogP contribution < -0.4 is 4.74 Å². The number of aliphatic hydroxyl groups is 1. The predicted molar refractivity (Wildman–Crippen MR) is 196 cm³/mol. The van der Waals surface area contributed by atoms with Gasteiger partial charge in [-0.05, 0) is 85.2 Å². The summed E-state index contributed by atoms with van der Waals surface area (Å²) in [4.78, 5) is 45.8. The van der Waals surface area contributed by atoms with Crippen LogP contribution in [0, 0.1) is 17.8 Å². The molecule has 1 N–H and O–H groups in total. The summed E-state index contributed by atoms with van der Waals surface area (Å²) in [5.74, 6) is -1.63. The van der Waals surface area contributed by atoms with Crippen molar-refractivity contribution in [3.05, 3.63) is 41.5 Å². The highest BCUT2D eigenvalue weighted by Crippen LogP contribution is 2.43. The zero-order chi connectivity index (χ0) is 38.7. The third kappa shape index (κ3) is 8.67. The molecule has 0 aliphatic carbocycles. The van der Waals surface area contributed by atoms with Crippen molar-refractivity contribution >= 4 is 17.8 Å². The van der Waals surface area contributed by atoms with Gasteiger partial charge in [-0.3, -0.25) is 9.69 Å². The Balaban J connectivity index is 1.76. The van der Waals surface area contributed by atoms with E-state index in [-0.39, 0.29) is 30.9 Å². The van der Waals surface area contributed by atoms with E-state index in [0.717, 1.165) is 5.56 Å². The second-order valence-electron chi connectivity index (χ2n) is 15.7. The van der Waals surface area contributed by atoms with Crippen LogP contribution in [0.4, 0.5) is 4.79 Å². The molecule has 2 fully saturated rings. The number of ether oxygens (including phenoxy) is 6. The van der Waals surface area contributed by atoms with Gasteiger partial charge in [-0.2, -0.15) is 0 Å². The molecular formula is C40H62N2O10. The smallest absolute Gasteiger partial charge is 0.410 e. The number of cyclic esters (lactones) is 1. The molecular weight excluding hydrogens is 668 g/mol. The van der Waals surface area contributed by atoms with Crippen LogP contribution in [-0.2, 0) is 39.7 Å². The summed E-state index contributed by atoms with van der Waals surface area (Å²) < 4.78 is 36.8. The maximum Gasteiger partial charge on any atom is 0.410 e. The second kappa shape index (κ2) is 17.0. The Hall–Kier alpha value is -3.03. The molecule has 1 aromatic rings. The average Bonchev–Trinajstić information content (AvgIpc) is 3.37. The molecule has 12 atom stereocenters. The fourth-order valence-electron chi connectivity index (χ4n) is 8.69. The molecule has 1 aromatic carbocycles. The van der Waals surface area contributed by atoms with Gasteiger partial charge in [-0.1, -0.05) is 45.9 Å². The number of carbonyl (C=O) groups excluding carboxylic acids is 3. The Bertz CT molecular complexity index is 1450. The quantitative estimate of drug-likeness (QED) is 0.337. The lowest BCUT2D eigenvalue weighted by molar-refractivity contribution is -0.294. The van der Waals surface area contributed by atoms with Gasteiger partial charge >= 0.3 is 12.1 Å². The summed E-state index contributed by atoms with van der Waals surface area (Å²) in [6.07, 6.45) is -0.743. The minimum atomic E-state index is -1.31. The number of hydrogen-bond acceptors (Lipinski definition) is 11. The molecule has 2 saturated heterocycles. The van der Waals surface area contributed by atoms with Crippen molar-refractivity contribution in [2.45, 2.75) is 135 Å². The molecule has 1 amide bonds. The van der Waals surface area contributed by atoms with Crippen LogP contribution in [0.5, 0.6) is 5.75 Å². The molecule has 12 nitrogen and oxygen atoms in total. The van der Waals surface area contributed by atoms with Crippen molar-refractivity contribution in [3.8, 4) is 5.75 Å². The van der Waals surface area contributed by atoms with Gasteiger partial charge in [0.05, 0.1) is 31.0 Å². The summed E-state index contributed by atoms with van der Waals surface area (Å²) in [5.41, 5.74) is -1.08. The van der Waals surface area contributed by atoms with E-state index < -0.39 is 71.7 Å². The minimum Gasteiger partial charge on any atom is -0.497 e. The number of carbonyl (C=O) groups is 3. The van der Waals surface area contributed by atoms with Gasteiger partial charge in [0, 0.05) is 43.0 Å². The third-order valence-corrected chi connectivity index (χ3v) is 11.6. The topological polar surface area (TPSA) is 133 Å². The van der Waals surface area contributed by atoms with Gasteiger partial charge in [0.25, 0.3) is 0 Å². The van der Waals surface area contributed by atoms with Gasteiger partial charge in [0.1, 0.15) is 23.7 Å². The van der Waals surface area contributed by atoms with E-state index in [0.29, 0.717) is 30.6 Å². The Kier molecular flexibility index (Phi) is 13.6. The van der Waals surface area contributed by atoms with E-state index in [1.807, 2.05) is 84.8 Å². The first-order valence-corrected chi connectivity index (χ1v) is 18.7. The summed E-state index contributed by atoms with van der Waals surface area (Å²) in [5, 5.41) is 11.4. The molecule has 3 aliphatic heterocycles. The van der Waals surface area contributed by atoms with Gasteiger partial charge in [-0.15, -0.1) is 0 Å². The molecule has 0 bridgehead atoms. The number of aliphatic hydroxyl groups excluding tert-OH is 1. The number of Topliss-reactive ketones (excluding diaryl/α,β-unsaturated/α-hetero) is 1. The minimum absolute atomic E-state index is 0.0872. The number of ketones is 1. The van der Waals surface area contributed by atoms with Crippen LogP contribution >= 0.6 is 0 Å². The van der Waals surface area contributed by atoms with Crippen LogP contribution in [0.3, 0.4) is 0 Å². The highest BCUT2D eigenvalue weighted by atomic mass is 16.7. The normalized spacial score (nSPS) is 38.9. The Labute approximate surface area is 310 Å². The van der Waals surface area contributed by atoms with Crippen molar-refractivity contribution in [2.75, 3.05) is 34.9 Å². The Morgan fingerprint density at radius 1 is 1.08 bits per heavy atom. The molecule has 0 saturated carbocycles. The van der Waals surface area contributed by atoms with Gasteiger partial charge < -0.3 is 38.4 Å². The number of methoxy groups -OCH3 is 2. The molecule has 3 aliphatic rings. The largest absolute Gasteiger partial charge is 0.497 e. The first-order chi connectivity index (χ1) is 24.4. The number of amides is 1. The highest BCUT2D eigenvalue weighted by Gasteiger charge is 2.60. The molecule has 52 heavy (non-hydrogen) atoms. The molecule has 0 radical (unpaired) electrons. The van der Waals surface area contributed by atoms with Crippen molar-refractivity contribution in [2.24, 2.45) is 17.8 Å². The van der Waals surface area contributed by atoms with E-state index in [1.165, 1.54) is 0 Å². The molecule has 0 unspecified atom stereocenters. The zero-order valence-electron chi connectivity index (χ0n) is 33.2. The molecule has 3 heterocycles. The molecule has 292 valence electrons. The SMILES string of the molecule is CC[C@H]1OC(=O)/C(C)=C/[C@H](C)[C@@H](O[C@@H]2O[C@H](C)C[C@H](N(C)C)[C@H]2O)[C@@](C)(OC)C[C@@H](C)C(=O)[C@H](C)[C@H]2N(CCc3cccc(OC)c3)C(=O)O[C@]12C. The van der Waals surface area contributed by atoms with E-state index >= 15 is 0 Å². The Morgan fingerprint density at radius 2 is 1.77 bits per heavy atom. The average molecular weight is 731 g/mol. The standard InChI is InChI=1S/C40H62N2O10/c1-13-31-40(8)34(42(38(46)52-40)18-17-28-15-14-16-29(21-28)47-11)27(6)32(43)25(4)22-39(7,48-12)35(23(2)19-24(3)36(45)50-31)51-37-33(44)30(41(9)10)20-26(5)49-37/h14-16,19,21,23,25-27,30-31,33-35,37,44H,13,17-18,20,22H2,1-12H3/b24-19+/t23-,25+,26+,27-,30-,31+,33+,34+,35+,37-,39-,40+/m0/s1. The number of rotatable bonds is 9. The summed E-state index contributed by atoms with van der Waals surface area (Å²) in [6.45, 7) is 15.0. The first-order valence-electron chi connectivity index (χ1n) is 18.7. The fourth-order valence-corrected chi connectivity index (χ4v) is 8.69. The van der Waals surface area contributed by atoms with Gasteiger partial charge in [0.2, 0.25) is 0 Å². The second-order valence-corrected chi connectivity index (χ2v) is 15.7. The van der Waals surface area contributed by atoms with Crippen molar-refractivity contribution in [3.63, 3.8) is 0 Å². The molecule has 0 aromatic heterocycles. The maximum atomic E-state index is 14.6. The number of hydrogen-bond donors (Lipinski definition) is 1. The lowest BCUT2D eigenvalue weighted by Crippen LogP contribution is -2.59. The summed E-state index contributed by atoms with van der Waals surface area (Å²) in [6, 6.07) is 6.69. The highest BCUT2D eigenvalue weighted by molar-refractivity contribution is 5.88. The summed E-state index contributed by atoms with van der Waals surface area (Å²) >= 11 is 0. The number of benzene rings is 1. The number of nitrogens with zero attached hydrogens (tertiary/aromatic N) is 2. The number of esters is 1. The lowest BCUT2D eigenvalue weighted by atomic mass is 9.74. The molecule has 0 spiro atoms. The Morgan fingerprint density at radius 3 is 2.38 bits per heavy atom. The van der Waals surface area contributed by atoms with Crippen LogP contribution in [-0.4, -0.2) is 122 Å². The van der Waals surface area contributed by atoms with Crippen LogP contribution in [0.2, 0.25) is 0 Å². The van der Waals surface area contributed by atoms with E-state index in [4.69, 9.17) is 28.4 Å². The van der Waals surface area contributed by atoms with Gasteiger partial charge in [-0.25, -0.2) is 9.59 Å². The van der Waals surface area contributed by atoms with E-state index in [2.05, 4.69) is 0 Å². The zero-order valence-corrected chi connectivity index (χ0v) is 33.2. The van der Waals surface area contributed by atoms with Gasteiger partial charge in [0.15, 0.2) is 11.9 Å². The number of likely N-dealkylation sites (N-methyl/N-ethyl adjacent to an activating group) is 1. The maximum absolute atomic E-state index is 14.6. The van der Waals surface area contributed by atoms with Crippen LogP contribution in [0.15, 0.2) is 35.9 Å². The third-order valence-electron chi connectivity index (χ3n) is 11.6. The van der Waals surface area contributed by atoms with E-state index in [1.54, 1.807) is 39.0 Å².